The average Bonchev–Trinajstić information content (AvgIpc) is 3.16. The number of likely N-dealkylation sites (tertiary alicyclic amines) is 1. The van der Waals surface area contributed by atoms with Crippen LogP contribution in [0.1, 0.15) is 41.3 Å². The van der Waals surface area contributed by atoms with Crippen LogP contribution in [0.3, 0.4) is 0 Å². The highest BCUT2D eigenvalue weighted by molar-refractivity contribution is 5.81. The second-order valence-corrected chi connectivity index (χ2v) is 7.77. The highest BCUT2D eigenvalue weighted by atomic mass is 19.4. The fraction of sp³-hybridized carbons (Fsp3) is 0.455. The third kappa shape index (κ3) is 4.19. The van der Waals surface area contributed by atoms with E-state index in [1.165, 1.54) is 6.92 Å². The Morgan fingerprint density at radius 1 is 1.19 bits per heavy atom. The SMILES string of the molecule is COc1cccc(OC)c1CN1CCCC(c2noc3nc(C)cc(C(F)(F)F)c23)C1. The van der Waals surface area contributed by atoms with Crippen LogP contribution in [0.25, 0.3) is 11.1 Å². The molecule has 0 saturated carbocycles. The van der Waals surface area contributed by atoms with E-state index < -0.39 is 11.7 Å². The number of benzene rings is 1. The van der Waals surface area contributed by atoms with Gasteiger partial charge in [0.2, 0.25) is 0 Å². The summed E-state index contributed by atoms with van der Waals surface area (Å²) in [5, 5.41) is 4.00. The molecule has 3 heterocycles. The van der Waals surface area contributed by atoms with Gasteiger partial charge in [0.15, 0.2) is 0 Å². The minimum absolute atomic E-state index is 0.0279. The molecule has 1 saturated heterocycles. The van der Waals surface area contributed by atoms with Gasteiger partial charge in [0.1, 0.15) is 11.5 Å². The third-order valence-corrected chi connectivity index (χ3v) is 5.71. The van der Waals surface area contributed by atoms with Gasteiger partial charge < -0.3 is 14.0 Å². The van der Waals surface area contributed by atoms with Gasteiger partial charge >= 0.3 is 6.18 Å². The van der Waals surface area contributed by atoms with Crippen LogP contribution in [0.2, 0.25) is 0 Å². The van der Waals surface area contributed by atoms with Crippen molar-refractivity contribution in [1.29, 1.82) is 0 Å². The summed E-state index contributed by atoms with van der Waals surface area (Å²) in [5.74, 6) is 1.24. The van der Waals surface area contributed by atoms with Crippen LogP contribution in [0, 0.1) is 6.92 Å². The number of aromatic nitrogens is 2. The number of piperidine rings is 1. The molecule has 0 bridgehead atoms. The lowest BCUT2D eigenvalue weighted by Crippen LogP contribution is -2.34. The fourth-order valence-electron chi connectivity index (χ4n) is 4.33. The van der Waals surface area contributed by atoms with Crippen molar-refractivity contribution in [2.75, 3.05) is 27.3 Å². The Morgan fingerprint density at radius 3 is 2.55 bits per heavy atom. The molecule has 1 atom stereocenters. The second kappa shape index (κ2) is 8.37. The summed E-state index contributed by atoms with van der Waals surface area (Å²) in [5.41, 5.74) is 0.676. The van der Waals surface area contributed by atoms with Crippen molar-refractivity contribution in [2.24, 2.45) is 0 Å². The van der Waals surface area contributed by atoms with Crippen molar-refractivity contribution < 1.29 is 27.2 Å². The van der Waals surface area contributed by atoms with E-state index in [0.717, 1.165) is 31.0 Å². The first kappa shape index (κ1) is 21.4. The number of fused-ring (bicyclic) bond motifs is 1. The molecule has 6 nitrogen and oxygen atoms in total. The summed E-state index contributed by atoms with van der Waals surface area (Å²) in [6.07, 6.45) is -2.95. The maximum Gasteiger partial charge on any atom is 0.417 e. The van der Waals surface area contributed by atoms with Crippen molar-refractivity contribution in [3.8, 4) is 11.5 Å². The zero-order valence-electron chi connectivity index (χ0n) is 17.6. The maximum absolute atomic E-state index is 13.7. The summed E-state index contributed by atoms with van der Waals surface area (Å²) in [7, 11) is 3.21. The smallest absolute Gasteiger partial charge is 0.417 e. The van der Waals surface area contributed by atoms with Crippen molar-refractivity contribution in [3.63, 3.8) is 0 Å². The summed E-state index contributed by atoms with van der Waals surface area (Å²) in [6, 6.07) is 6.65. The van der Waals surface area contributed by atoms with Gasteiger partial charge in [-0.25, -0.2) is 4.98 Å². The van der Waals surface area contributed by atoms with Crippen molar-refractivity contribution in [2.45, 2.75) is 38.4 Å². The van der Waals surface area contributed by atoms with Gasteiger partial charge in [-0.3, -0.25) is 4.90 Å². The number of nitrogens with zero attached hydrogens (tertiary/aromatic N) is 3. The largest absolute Gasteiger partial charge is 0.496 e. The van der Waals surface area contributed by atoms with Gasteiger partial charge in [0.05, 0.1) is 36.4 Å². The number of aryl methyl sites for hydroxylation is 1. The van der Waals surface area contributed by atoms with Gasteiger partial charge in [-0.1, -0.05) is 11.2 Å². The molecular formula is C22H24F3N3O3. The number of hydrogen-bond acceptors (Lipinski definition) is 6. The van der Waals surface area contributed by atoms with Crippen LogP contribution in [-0.4, -0.2) is 42.3 Å². The highest BCUT2D eigenvalue weighted by Crippen LogP contribution is 2.40. The number of hydrogen-bond donors (Lipinski definition) is 0. The molecule has 1 unspecified atom stereocenters. The minimum atomic E-state index is -4.51. The Kier molecular flexibility index (Phi) is 5.79. The van der Waals surface area contributed by atoms with Crippen LogP contribution in [-0.2, 0) is 12.7 Å². The molecule has 4 rings (SSSR count). The van der Waals surface area contributed by atoms with Crippen LogP contribution >= 0.6 is 0 Å². The van der Waals surface area contributed by atoms with Gasteiger partial charge in [-0.05, 0) is 44.5 Å². The normalized spacial score (nSPS) is 17.8. The number of methoxy groups -OCH3 is 2. The maximum atomic E-state index is 13.7. The lowest BCUT2D eigenvalue weighted by Gasteiger charge is -2.32. The Labute approximate surface area is 177 Å². The van der Waals surface area contributed by atoms with E-state index in [2.05, 4.69) is 15.0 Å². The van der Waals surface area contributed by atoms with Crippen LogP contribution in [0.5, 0.6) is 11.5 Å². The second-order valence-electron chi connectivity index (χ2n) is 7.77. The van der Waals surface area contributed by atoms with Crippen LogP contribution < -0.4 is 9.47 Å². The average molecular weight is 435 g/mol. The Morgan fingerprint density at radius 2 is 1.90 bits per heavy atom. The molecule has 0 amide bonds. The third-order valence-electron chi connectivity index (χ3n) is 5.71. The number of rotatable bonds is 5. The highest BCUT2D eigenvalue weighted by Gasteiger charge is 2.37. The molecule has 0 N–H and O–H groups in total. The molecule has 0 spiro atoms. The van der Waals surface area contributed by atoms with Crippen molar-refractivity contribution >= 4 is 11.1 Å². The molecule has 1 aliphatic heterocycles. The van der Waals surface area contributed by atoms with Crippen molar-refractivity contribution in [1.82, 2.24) is 15.0 Å². The molecule has 1 aliphatic rings. The van der Waals surface area contributed by atoms with E-state index >= 15 is 0 Å². The van der Waals surface area contributed by atoms with E-state index in [1.807, 2.05) is 18.2 Å². The predicted octanol–water partition coefficient (Wildman–Crippen LogP) is 4.95. The standard InChI is InChI=1S/C22H24F3N3O3/c1-13-10-16(22(23,24)25)19-20(27-31-21(19)26-13)14-6-5-9-28(11-14)12-15-17(29-2)7-4-8-18(15)30-3/h4,7-8,10,14H,5-6,9,11-12H2,1-3H3. The topological polar surface area (TPSA) is 60.6 Å². The summed E-state index contributed by atoms with van der Waals surface area (Å²) < 4.78 is 57.3. The summed E-state index contributed by atoms with van der Waals surface area (Å²) in [6.45, 7) is 3.44. The molecule has 1 aromatic carbocycles. The quantitative estimate of drug-likeness (QED) is 0.565. The van der Waals surface area contributed by atoms with Gasteiger partial charge in [-0.2, -0.15) is 13.2 Å². The molecule has 31 heavy (non-hydrogen) atoms. The summed E-state index contributed by atoms with van der Waals surface area (Å²) >= 11 is 0. The summed E-state index contributed by atoms with van der Waals surface area (Å²) in [4.78, 5) is 6.31. The van der Waals surface area contributed by atoms with Gasteiger partial charge in [-0.15, -0.1) is 0 Å². The Balaban J connectivity index is 1.66. The number of pyridine rings is 1. The number of ether oxygens (including phenoxy) is 2. The predicted molar refractivity (Wildman–Crippen MR) is 108 cm³/mol. The first-order valence-corrected chi connectivity index (χ1v) is 10.1. The lowest BCUT2D eigenvalue weighted by molar-refractivity contribution is -0.136. The fourth-order valence-corrected chi connectivity index (χ4v) is 4.33. The van der Waals surface area contributed by atoms with Gasteiger partial charge in [0.25, 0.3) is 5.71 Å². The van der Waals surface area contributed by atoms with Crippen molar-refractivity contribution in [3.05, 3.63) is 46.8 Å². The van der Waals surface area contributed by atoms with E-state index in [1.54, 1.807) is 14.2 Å². The number of halogens is 3. The Bertz CT molecular complexity index is 1060. The van der Waals surface area contributed by atoms with Gasteiger partial charge in [0, 0.05) is 24.7 Å². The van der Waals surface area contributed by atoms with E-state index in [9.17, 15) is 13.2 Å². The lowest BCUT2D eigenvalue weighted by atomic mass is 9.91. The zero-order valence-corrected chi connectivity index (χ0v) is 17.6. The Hall–Kier alpha value is -2.81. The first-order valence-electron chi connectivity index (χ1n) is 10.1. The molecule has 1 fully saturated rings. The van der Waals surface area contributed by atoms with E-state index in [0.29, 0.717) is 30.3 Å². The number of alkyl halides is 3. The molecular weight excluding hydrogens is 411 g/mol. The van der Waals surface area contributed by atoms with Crippen LogP contribution in [0.15, 0.2) is 28.8 Å². The first-order chi connectivity index (χ1) is 14.8. The van der Waals surface area contributed by atoms with Crippen LogP contribution in [0.4, 0.5) is 13.2 Å². The monoisotopic (exact) mass is 435 g/mol. The zero-order chi connectivity index (χ0) is 22.2. The molecule has 9 heteroatoms. The minimum Gasteiger partial charge on any atom is -0.496 e. The molecule has 166 valence electrons. The van der Waals surface area contributed by atoms with E-state index in [-0.39, 0.29) is 22.7 Å². The molecule has 0 aliphatic carbocycles. The molecule has 0 radical (unpaired) electrons. The van der Waals surface area contributed by atoms with E-state index in [4.69, 9.17) is 14.0 Å². The molecule has 3 aromatic rings. The molecule has 2 aromatic heterocycles.